The van der Waals surface area contributed by atoms with Gasteiger partial charge in [0.15, 0.2) is 0 Å². The summed E-state index contributed by atoms with van der Waals surface area (Å²) in [6, 6.07) is 7.93. The average molecular weight is 355 g/mol. The number of thioether (sulfide) groups is 1. The smallest absolute Gasteiger partial charge is 0.307 e. The molecule has 1 fully saturated rings. The molecule has 0 spiro atoms. The Labute approximate surface area is 154 Å². The number of aliphatic carboxylic acids is 1. The number of carboxylic acid groups (broad SMARTS) is 1. The van der Waals surface area contributed by atoms with Crippen LogP contribution in [0, 0.1) is 17.8 Å². The van der Waals surface area contributed by atoms with E-state index in [1.807, 2.05) is 36.0 Å². The van der Waals surface area contributed by atoms with Gasteiger partial charge in [-0.05, 0) is 65.9 Å². The van der Waals surface area contributed by atoms with E-state index in [-0.39, 0.29) is 6.42 Å². The molecular formula is C22H26O2S. The summed E-state index contributed by atoms with van der Waals surface area (Å²) >= 11 is 1.82. The SMILES string of the molecule is C=CC1=C(Sc2ccc(CC(=O)O)cc2)/C(=C/C(C)C)C2CCC1C2. The molecule has 1 saturated carbocycles. The van der Waals surface area contributed by atoms with Gasteiger partial charge in [0.25, 0.3) is 0 Å². The van der Waals surface area contributed by atoms with Crippen LogP contribution in [0.4, 0.5) is 0 Å². The van der Waals surface area contributed by atoms with Gasteiger partial charge in [-0.1, -0.05) is 56.5 Å². The topological polar surface area (TPSA) is 37.3 Å². The molecule has 0 heterocycles. The Morgan fingerprint density at radius 3 is 2.56 bits per heavy atom. The predicted octanol–water partition coefficient (Wildman–Crippen LogP) is 5.86. The van der Waals surface area contributed by atoms with Gasteiger partial charge in [-0.3, -0.25) is 4.79 Å². The van der Waals surface area contributed by atoms with Crippen LogP contribution in [0.1, 0.15) is 38.7 Å². The lowest BCUT2D eigenvalue weighted by Crippen LogP contribution is -2.13. The molecule has 0 aliphatic heterocycles. The minimum Gasteiger partial charge on any atom is -0.481 e. The monoisotopic (exact) mass is 354 g/mol. The second kappa shape index (κ2) is 7.65. The number of allylic oxidation sites excluding steroid dienone is 4. The van der Waals surface area contributed by atoms with Crippen molar-refractivity contribution in [2.45, 2.75) is 44.4 Å². The second-order valence-corrected chi connectivity index (χ2v) is 8.46. The van der Waals surface area contributed by atoms with Crippen LogP contribution in [0.25, 0.3) is 0 Å². The first-order valence-corrected chi connectivity index (χ1v) is 9.86. The first kappa shape index (κ1) is 18.1. The molecule has 25 heavy (non-hydrogen) atoms. The van der Waals surface area contributed by atoms with Crippen LogP contribution in [-0.2, 0) is 11.2 Å². The maximum absolute atomic E-state index is 10.8. The highest BCUT2D eigenvalue weighted by Gasteiger charge is 2.37. The fourth-order valence-corrected chi connectivity index (χ4v) is 5.23. The number of carboxylic acids is 1. The van der Waals surface area contributed by atoms with Crippen LogP contribution in [0.15, 0.2) is 63.9 Å². The Morgan fingerprint density at radius 1 is 1.28 bits per heavy atom. The van der Waals surface area contributed by atoms with E-state index >= 15 is 0 Å². The third-order valence-corrected chi connectivity index (χ3v) is 6.25. The van der Waals surface area contributed by atoms with Crippen molar-refractivity contribution in [3.8, 4) is 0 Å². The largest absolute Gasteiger partial charge is 0.481 e. The zero-order valence-electron chi connectivity index (χ0n) is 15.0. The van der Waals surface area contributed by atoms with E-state index in [4.69, 9.17) is 5.11 Å². The van der Waals surface area contributed by atoms with E-state index in [1.165, 1.54) is 40.2 Å². The molecule has 2 atom stereocenters. The van der Waals surface area contributed by atoms with Crippen LogP contribution >= 0.6 is 11.8 Å². The molecule has 2 nitrogen and oxygen atoms in total. The fourth-order valence-electron chi connectivity index (χ4n) is 4.00. The molecule has 0 aromatic heterocycles. The molecule has 2 bridgehead atoms. The molecule has 2 unspecified atom stereocenters. The van der Waals surface area contributed by atoms with Crippen molar-refractivity contribution in [1.29, 1.82) is 0 Å². The highest BCUT2D eigenvalue weighted by atomic mass is 32.2. The zero-order chi connectivity index (χ0) is 18.0. The van der Waals surface area contributed by atoms with Gasteiger partial charge in [-0.15, -0.1) is 0 Å². The van der Waals surface area contributed by atoms with Crippen LogP contribution in [0.5, 0.6) is 0 Å². The summed E-state index contributed by atoms with van der Waals surface area (Å²) in [7, 11) is 0. The lowest BCUT2D eigenvalue weighted by molar-refractivity contribution is -0.136. The number of carbonyl (C=O) groups is 1. The Hall–Kier alpha value is -1.74. The Kier molecular flexibility index (Phi) is 5.53. The molecule has 1 aromatic carbocycles. The maximum atomic E-state index is 10.8. The second-order valence-electron chi connectivity index (χ2n) is 7.38. The van der Waals surface area contributed by atoms with Crippen molar-refractivity contribution in [1.82, 2.24) is 0 Å². The summed E-state index contributed by atoms with van der Waals surface area (Å²) < 4.78 is 0. The molecule has 3 rings (SSSR count). The normalized spacial score (nSPS) is 24.2. The third-order valence-electron chi connectivity index (χ3n) is 5.07. The summed E-state index contributed by atoms with van der Waals surface area (Å²) in [6.07, 6.45) is 8.37. The lowest BCUT2D eigenvalue weighted by Gasteiger charge is -2.28. The van der Waals surface area contributed by atoms with Crippen molar-refractivity contribution in [3.05, 3.63) is 64.6 Å². The summed E-state index contributed by atoms with van der Waals surface area (Å²) in [5.41, 5.74) is 3.75. The zero-order valence-corrected chi connectivity index (χ0v) is 15.8. The summed E-state index contributed by atoms with van der Waals surface area (Å²) in [5.74, 6) is 1.08. The molecule has 0 radical (unpaired) electrons. The Morgan fingerprint density at radius 2 is 1.96 bits per heavy atom. The molecule has 2 aliphatic carbocycles. The third kappa shape index (κ3) is 4.09. The number of benzene rings is 1. The minimum atomic E-state index is -0.789. The summed E-state index contributed by atoms with van der Waals surface area (Å²) in [6.45, 7) is 8.57. The molecule has 3 heteroatoms. The van der Waals surface area contributed by atoms with Crippen LogP contribution in [0.2, 0.25) is 0 Å². The van der Waals surface area contributed by atoms with Crippen LogP contribution in [-0.4, -0.2) is 11.1 Å². The number of hydrogen-bond acceptors (Lipinski definition) is 2. The van der Waals surface area contributed by atoms with Crippen molar-refractivity contribution in [2.24, 2.45) is 17.8 Å². The van der Waals surface area contributed by atoms with Crippen molar-refractivity contribution < 1.29 is 9.90 Å². The van der Waals surface area contributed by atoms with E-state index in [1.54, 1.807) is 0 Å². The molecule has 0 saturated heterocycles. The lowest BCUT2D eigenvalue weighted by atomic mass is 9.83. The predicted molar refractivity (Wildman–Crippen MR) is 105 cm³/mol. The van der Waals surface area contributed by atoms with Gasteiger partial charge >= 0.3 is 5.97 Å². The maximum Gasteiger partial charge on any atom is 0.307 e. The van der Waals surface area contributed by atoms with Crippen molar-refractivity contribution in [2.75, 3.05) is 0 Å². The minimum absolute atomic E-state index is 0.0776. The van der Waals surface area contributed by atoms with Crippen molar-refractivity contribution >= 4 is 17.7 Å². The summed E-state index contributed by atoms with van der Waals surface area (Å²) in [5, 5.41) is 8.92. The fraction of sp³-hybridized carbons (Fsp3) is 0.409. The standard InChI is InChI=1S/C22H26O2S/c1-4-19-16-7-8-17(13-16)20(11-14(2)3)22(19)25-18-9-5-15(6-10-18)12-21(23)24/h4-6,9-11,14,16-17H,1,7-8,12-13H2,2-3H3,(H,23,24)/b20-11+. The molecular weight excluding hydrogens is 328 g/mol. The van der Waals surface area contributed by atoms with Crippen LogP contribution < -0.4 is 0 Å². The van der Waals surface area contributed by atoms with Gasteiger partial charge in [0.05, 0.1) is 6.42 Å². The van der Waals surface area contributed by atoms with Crippen molar-refractivity contribution in [3.63, 3.8) is 0 Å². The molecule has 1 N–H and O–H groups in total. The van der Waals surface area contributed by atoms with Gasteiger partial charge in [0, 0.05) is 9.80 Å². The number of rotatable bonds is 6. The van der Waals surface area contributed by atoms with Gasteiger partial charge < -0.3 is 5.11 Å². The quantitative estimate of drug-likeness (QED) is 0.695. The van der Waals surface area contributed by atoms with E-state index in [9.17, 15) is 4.79 Å². The van der Waals surface area contributed by atoms with Gasteiger partial charge in [0.2, 0.25) is 0 Å². The van der Waals surface area contributed by atoms with E-state index in [2.05, 4.69) is 32.6 Å². The van der Waals surface area contributed by atoms with Gasteiger partial charge in [0.1, 0.15) is 0 Å². The molecule has 0 amide bonds. The van der Waals surface area contributed by atoms with Gasteiger partial charge in [-0.25, -0.2) is 0 Å². The number of hydrogen-bond donors (Lipinski definition) is 1. The van der Waals surface area contributed by atoms with E-state index < -0.39 is 5.97 Å². The van der Waals surface area contributed by atoms with E-state index in [0.717, 1.165) is 5.56 Å². The first-order valence-electron chi connectivity index (χ1n) is 9.05. The Balaban J connectivity index is 1.91. The molecule has 1 aromatic rings. The number of fused-ring (bicyclic) bond motifs is 2. The molecule has 132 valence electrons. The van der Waals surface area contributed by atoms with Crippen LogP contribution in [0.3, 0.4) is 0 Å². The van der Waals surface area contributed by atoms with Gasteiger partial charge in [-0.2, -0.15) is 0 Å². The first-order chi connectivity index (χ1) is 12.0. The highest BCUT2D eigenvalue weighted by Crippen LogP contribution is 2.53. The molecule has 2 aliphatic rings. The van der Waals surface area contributed by atoms with E-state index in [0.29, 0.717) is 17.8 Å². The average Bonchev–Trinajstić information content (AvgIpc) is 2.98. The summed E-state index contributed by atoms with van der Waals surface area (Å²) in [4.78, 5) is 13.4. The highest BCUT2D eigenvalue weighted by molar-refractivity contribution is 8.03. The Bertz CT molecular complexity index is 725.